The van der Waals surface area contributed by atoms with E-state index in [2.05, 4.69) is 43.1 Å². The van der Waals surface area contributed by atoms with E-state index in [1.54, 1.807) is 0 Å². The molecular weight excluding hydrogens is 163 g/mol. The van der Waals surface area contributed by atoms with Gasteiger partial charge >= 0.3 is 0 Å². The Labute approximate surface area is 75.1 Å². The van der Waals surface area contributed by atoms with E-state index in [4.69, 9.17) is 0 Å². The fourth-order valence-corrected chi connectivity index (χ4v) is 3.38. The summed E-state index contributed by atoms with van der Waals surface area (Å²) in [5, 5.41) is 1.53. The minimum absolute atomic E-state index is 0.0668. The third-order valence-corrected chi connectivity index (χ3v) is 4.46. The van der Waals surface area contributed by atoms with Crippen LogP contribution in [0.1, 0.15) is 12.0 Å². The van der Waals surface area contributed by atoms with Crippen molar-refractivity contribution in [1.29, 1.82) is 0 Å². The molecule has 12 heavy (non-hydrogen) atoms. The summed E-state index contributed by atoms with van der Waals surface area (Å²) in [4.78, 5) is 0. The first-order valence-electron chi connectivity index (χ1n) is 4.36. The van der Waals surface area contributed by atoms with Crippen LogP contribution in [0.3, 0.4) is 0 Å². The Kier molecular flexibility index (Phi) is 2.28. The first kappa shape index (κ1) is 8.01. The van der Waals surface area contributed by atoms with Crippen LogP contribution in [0.4, 0.5) is 0 Å². The second-order valence-corrected chi connectivity index (χ2v) is 5.40. The fourth-order valence-electron chi connectivity index (χ4n) is 1.44. The van der Waals surface area contributed by atoms with Crippen LogP contribution >= 0.6 is 7.92 Å². The molecule has 1 atom stereocenters. The average Bonchev–Trinajstić information content (AvgIpc) is 2.58. The molecule has 0 bridgehead atoms. The second-order valence-electron chi connectivity index (χ2n) is 3.20. The van der Waals surface area contributed by atoms with Crippen LogP contribution in [0, 0.1) is 6.92 Å². The monoisotopic (exact) mass is 176 g/mol. The van der Waals surface area contributed by atoms with E-state index < -0.39 is 0 Å². The van der Waals surface area contributed by atoms with Crippen LogP contribution in [-0.4, -0.2) is 6.16 Å². The van der Waals surface area contributed by atoms with E-state index in [-0.39, 0.29) is 7.92 Å². The van der Waals surface area contributed by atoms with E-state index in [9.17, 15) is 0 Å². The lowest BCUT2D eigenvalue weighted by molar-refractivity contribution is 1.27. The zero-order valence-corrected chi connectivity index (χ0v) is 8.22. The van der Waals surface area contributed by atoms with Crippen molar-refractivity contribution in [1.82, 2.24) is 0 Å². The molecular formula is C11H13P. The third-order valence-electron chi connectivity index (χ3n) is 2.19. The van der Waals surface area contributed by atoms with Crippen LogP contribution in [0.5, 0.6) is 0 Å². The highest BCUT2D eigenvalue weighted by Crippen LogP contribution is 2.41. The number of benzene rings is 1. The molecule has 0 saturated heterocycles. The van der Waals surface area contributed by atoms with Gasteiger partial charge in [-0.1, -0.05) is 49.6 Å². The van der Waals surface area contributed by atoms with Crippen LogP contribution < -0.4 is 5.30 Å². The number of hydrogen-bond acceptors (Lipinski definition) is 0. The van der Waals surface area contributed by atoms with E-state index in [1.807, 2.05) is 0 Å². The summed E-state index contributed by atoms with van der Waals surface area (Å²) in [6.45, 7) is 2.14. The zero-order valence-electron chi connectivity index (χ0n) is 7.33. The summed E-state index contributed by atoms with van der Waals surface area (Å²) in [5.41, 5.74) is 1.36. The molecule has 1 aliphatic heterocycles. The van der Waals surface area contributed by atoms with Crippen LogP contribution in [0.2, 0.25) is 0 Å². The summed E-state index contributed by atoms with van der Waals surface area (Å²) >= 11 is 0. The largest absolute Gasteiger partial charge is 0.0834 e. The van der Waals surface area contributed by atoms with E-state index in [0.717, 1.165) is 0 Å². The Hall–Kier alpha value is -0.610. The Balaban J connectivity index is 2.23. The molecule has 0 fully saturated rings. The molecule has 0 nitrogen and oxygen atoms in total. The van der Waals surface area contributed by atoms with Crippen molar-refractivity contribution in [2.24, 2.45) is 0 Å². The minimum atomic E-state index is 0.0668. The molecule has 2 rings (SSSR count). The highest BCUT2D eigenvalue weighted by Gasteiger charge is 2.09. The summed E-state index contributed by atoms with van der Waals surface area (Å²) in [7, 11) is 0.0668. The SMILES string of the molecule is Cc1ccc(P2C=CCC2)cc1. The molecule has 1 heteroatoms. The highest BCUT2D eigenvalue weighted by atomic mass is 31.1. The maximum Gasteiger partial charge on any atom is -0.0201 e. The van der Waals surface area contributed by atoms with Crippen molar-refractivity contribution in [3.05, 3.63) is 41.7 Å². The summed E-state index contributed by atoms with van der Waals surface area (Å²) in [6, 6.07) is 8.97. The third kappa shape index (κ3) is 1.59. The van der Waals surface area contributed by atoms with Gasteiger partial charge in [0.15, 0.2) is 0 Å². The summed E-state index contributed by atoms with van der Waals surface area (Å²) in [5.74, 6) is 2.39. The zero-order chi connectivity index (χ0) is 8.39. The standard InChI is InChI=1S/C11H13P/c1-10-4-6-11(7-5-10)12-8-2-3-9-12/h2,4-8H,3,9H2,1H3. The molecule has 1 unspecified atom stereocenters. The Bertz CT molecular complexity index is 284. The molecule has 1 aromatic rings. The van der Waals surface area contributed by atoms with Gasteiger partial charge in [0.1, 0.15) is 0 Å². The molecule has 62 valence electrons. The summed E-state index contributed by atoms with van der Waals surface area (Å²) in [6.07, 6.45) is 4.95. The maximum atomic E-state index is 2.39. The molecule has 0 aromatic heterocycles. The molecule has 0 aliphatic carbocycles. The maximum absolute atomic E-state index is 2.39. The van der Waals surface area contributed by atoms with Crippen LogP contribution in [0.25, 0.3) is 0 Å². The molecule has 0 amide bonds. The Morgan fingerprint density at radius 2 is 1.92 bits per heavy atom. The van der Waals surface area contributed by atoms with Gasteiger partial charge < -0.3 is 0 Å². The lowest BCUT2D eigenvalue weighted by Crippen LogP contribution is -1.98. The van der Waals surface area contributed by atoms with Gasteiger partial charge in [-0.2, -0.15) is 0 Å². The van der Waals surface area contributed by atoms with Crippen molar-refractivity contribution in [2.45, 2.75) is 13.3 Å². The molecule has 1 heterocycles. The fraction of sp³-hybridized carbons (Fsp3) is 0.273. The van der Waals surface area contributed by atoms with Crippen LogP contribution in [0.15, 0.2) is 36.2 Å². The molecule has 0 N–H and O–H groups in total. The summed E-state index contributed by atoms with van der Waals surface area (Å²) < 4.78 is 0. The predicted molar refractivity (Wildman–Crippen MR) is 56.4 cm³/mol. The Morgan fingerprint density at radius 1 is 1.17 bits per heavy atom. The van der Waals surface area contributed by atoms with E-state index in [1.165, 1.54) is 23.5 Å². The topological polar surface area (TPSA) is 0 Å². The van der Waals surface area contributed by atoms with Crippen molar-refractivity contribution < 1.29 is 0 Å². The first-order valence-corrected chi connectivity index (χ1v) is 5.96. The van der Waals surface area contributed by atoms with Gasteiger partial charge in [0.2, 0.25) is 0 Å². The highest BCUT2D eigenvalue weighted by molar-refractivity contribution is 7.68. The smallest absolute Gasteiger partial charge is 0.0201 e. The van der Waals surface area contributed by atoms with Gasteiger partial charge in [0.05, 0.1) is 0 Å². The van der Waals surface area contributed by atoms with Crippen molar-refractivity contribution in [3.8, 4) is 0 Å². The molecule has 0 saturated carbocycles. The molecule has 0 spiro atoms. The van der Waals surface area contributed by atoms with Crippen molar-refractivity contribution >= 4 is 13.2 Å². The lowest BCUT2D eigenvalue weighted by Gasteiger charge is -2.07. The number of rotatable bonds is 1. The number of allylic oxidation sites excluding steroid dienone is 1. The van der Waals surface area contributed by atoms with E-state index >= 15 is 0 Å². The lowest BCUT2D eigenvalue weighted by atomic mass is 10.2. The van der Waals surface area contributed by atoms with Gasteiger partial charge in [0.25, 0.3) is 0 Å². The molecule has 0 radical (unpaired) electrons. The predicted octanol–water partition coefficient (Wildman–Crippen LogP) is 3.02. The molecule has 1 aromatic carbocycles. The number of aryl methyl sites for hydroxylation is 1. The van der Waals surface area contributed by atoms with Gasteiger partial charge in [-0.25, -0.2) is 0 Å². The van der Waals surface area contributed by atoms with Crippen LogP contribution in [-0.2, 0) is 0 Å². The quantitative estimate of drug-likeness (QED) is 0.577. The Morgan fingerprint density at radius 3 is 2.50 bits per heavy atom. The average molecular weight is 176 g/mol. The van der Waals surface area contributed by atoms with Gasteiger partial charge in [-0.05, 0) is 24.8 Å². The number of hydrogen-bond donors (Lipinski definition) is 0. The first-order chi connectivity index (χ1) is 5.86. The van der Waals surface area contributed by atoms with Gasteiger partial charge in [-0.3, -0.25) is 0 Å². The van der Waals surface area contributed by atoms with Gasteiger partial charge in [0, 0.05) is 0 Å². The minimum Gasteiger partial charge on any atom is -0.0834 e. The molecule has 1 aliphatic rings. The van der Waals surface area contributed by atoms with Crippen molar-refractivity contribution in [3.63, 3.8) is 0 Å². The van der Waals surface area contributed by atoms with E-state index in [0.29, 0.717) is 0 Å². The van der Waals surface area contributed by atoms with Gasteiger partial charge in [-0.15, -0.1) is 0 Å². The van der Waals surface area contributed by atoms with Crippen molar-refractivity contribution in [2.75, 3.05) is 6.16 Å². The second kappa shape index (κ2) is 3.41. The normalized spacial score (nSPS) is 21.6.